The molecule has 9 rings (SSSR count). The van der Waals surface area contributed by atoms with Crippen molar-refractivity contribution in [1.29, 1.82) is 5.26 Å². The first kappa shape index (κ1) is 39.6. The van der Waals surface area contributed by atoms with Gasteiger partial charge in [-0.1, -0.05) is 114 Å². The van der Waals surface area contributed by atoms with E-state index in [2.05, 4.69) is 171 Å². The van der Waals surface area contributed by atoms with Crippen LogP contribution in [0, 0.1) is 25.2 Å². The summed E-state index contributed by atoms with van der Waals surface area (Å²) in [6.07, 6.45) is 16.9. The van der Waals surface area contributed by atoms with Crippen LogP contribution in [0.25, 0.3) is 90.9 Å². The third-order valence-corrected chi connectivity index (χ3v) is 12.1. The second-order valence-corrected chi connectivity index (χ2v) is 16.3. The smallest absolute Gasteiger partial charge is 0.0991 e. The van der Waals surface area contributed by atoms with Gasteiger partial charge in [0.05, 0.1) is 34.4 Å². The van der Waals surface area contributed by atoms with E-state index in [1.54, 1.807) is 0 Å². The lowest BCUT2D eigenvalue weighted by Crippen LogP contribution is -2.24. The summed E-state index contributed by atoms with van der Waals surface area (Å²) in [6, 6.07) is 44.7. The number of benzene rings is 4. The van der Waals surface area contributed by atoms with Gasteiger partial charge in [-0.2, -0.15) is 5.26 Å². The van der Waals surface area contributed by atoms with Crippen LogP contribution in [-0.4, -0.2) is 19.9 Å². The molecule has 2 N–H and O–H groups in total. The summed E-state index contributed by atoms with van der Waals surface area (Å²) in [5.74, 6) is 0. The summed E-state index contributed by atoms with van der Waals surface area (Å²) >= 11 is 0. The van der Waals surface area contributed by atoms with Crippen molar-refractivity contribution in [1.82, 2.24) is 19.9 Å². The summed E-state index contributed by atoms with van der Waals surface area (Å²) in [4.78, 5) is 18.6. The summed E-state index contributed by atoms with van der Waals surface area (Å²) in [6.45, 7) is 16.5. The highest BCUT2D eigenvalue weighted by Gasteiger charge is 2.29. The molecular weight excluding hydrogens is 755 g/mol. The summed E-state index contributed by atoms with van der Waals surface area (Å²) in [7, 11) is 0. The minimum atomic E-state index is -0.177. The number of aromatic amines is 2. The molecule has 0 saturated carbocycles. The average molecular weight is 802 g/mol. The predicted molar refractivity (Wildman–Crippen MR) is 261 cm³/mol. The highest BCUT2D eigenvalue weighted by atomic mass is 14.8. The number of aromatic nitrogens is 4. The van der Waals surface area contributed by atoms with E-state index in [0.717, 1.165) is 109 Å². The highest BCUT2D eigenvalue weighted by Crippen LogP contribution is 2.41. The molecule has 8 bridgehead atoms. The van der Waals surface area contributed by atoms with Crippen LogP contribution in [0.15, 0.2) is 159 Å². The van der Waals surface area contributed by atoms with Crippen molar-refractivity contribution < 1.29 is 0 Å². The minimum absolute atomic E-state index is 0.177. The van der Waals surface area contributed by atoms with Gasteiger partial charge in [-0.25, -0.2) is 9.97 Å². The molecule has 4 aromatic carbocycles. The number of aryl methyl sites for hydroxylation is 2. The van der Waals surface area contributed by atoms with Crippen LogP contribution in [-0.2, 0) is 5.41 Å². The molecule has 0 unspecified atom stereocenters. The minimum Gasteiger partial charge on any atom is -0.354 e. The molecule has 0 saturated heterocycles. The molecule has 0 radical (unpaired) electrons. The van der Waals surface area contributed by atoms with Crippen LogP contribution in [0.3, 0.4) is 0 Å². The van der Waals surface area contributed by atoms with E-state index >= 15 is 0 Å². The molecule has 0 aliphatic carbocycles. The molecule has 5 nitrogen and oxygen atoms in total. The third kappa shape index (κ3) is 7.37. The lowest BCUT2D eigenvalue weighted by molar-refractivity contribution is 0.442. The maximum absolute atomic E-state index is 9.66. The third-order valence-electron chi connectivity index (χ3n) is 12.1. The SMILES string of the molecule is C=CCC(CC=C)(CC=C)c1ccc(-c2c3nc(c(-c4ccc(C)cc4)c4ccc([nH]4)c(-c4ccc(C#N)cc4)c4ccc([nH]4)c(-c4ccc(C)cc4)c4nc2C=C4)C=C3)cc1. The van der Waals surface area contributed by atoms with Crippen LogP contribution < -0.4 is 0 Å². The fraction of sp³-hybridized carbons (Fsp3) is 0.105. The molecule has 62 heavy (non-hydrogen) atoms. The molecule has 7 aromatic rings. The Morgan fingerprint density at radius 1 is 0.468 bits per heavy atom. The fourth-order valence-corrected chi connectivity index (χ4v) is 9.00. The van der Waals surface area contributed by atoms with Gasteiger partial charge in [0.25, 0.3) is 0 Å². The van der Waals surface area contributed by atoms with Gasteiger partial charge >= 0.3 is 0 Å². The van der Waals surface area contributed by atoms with Crippen LogP contribution in [0.4, 0.5) is 0 Å². The molecule has 2 aliphatic rings. The molecule has 3 aromatic heterocycles. The van der Waals surface area contributed by atoms with E-state index in [-0.39, 0.29) is 5.41 Å². The maximum Gasteiger partial charge on any atom is 0.0991 e. The first-order valence-corrected chi connectivity index (χ1v) is 21.1. The number of nitrogens with one attached hydrogen (secondary N) is 2. The van der Waals surface area contributed by atoms with Crippen LogP contribution in [0.5, 0.6) is 0 Å². The Morgan fingerprint density at radius 2 is 0.806 bits per heavy atom. The lowest BCUT2D eigenvalue weighted by atomic mass is 9.72. The Morgan fingerprint density at radius 3 is 1.21 bits per heavy atom. The van der Waals surface area contributed by atoms with Gasteiger partial charge in [-0.3, -0.25) is 0 Å². The number of rotatable bonds is 11. The van der Waals surface area contributed by atoms with Crippen molar-refractivity contribution in [2.24, 2.45) is 0 Å². The first-order chi connectivity index (χ1) is 30.3. The van der Waals surface area contributed by atoms with E-state index < -0.39 is 0 Å². The summed E-state index contributed by atoms with van der Waals surface area (Å²) in [5.41, 5.74) is 19.1. The molecule has 0 amide bonds. The number of hydrogen-bond acceptors (Lipinski definition) is 3. The van der Waals surface area contributed by atoms with Crippen molar-refractivity contribution in [3.05, 3.63) is 204 Å². The fourth-order valence-electron chi connectivity index (χ4n) is 9.00. The van der Waals surface area contributed by atoms with Crippen molar-refractivity contribution in [2.45, 2.75) is 38.5 Å². The van der Waals surface area contributed by atoms with E-state index in [4.69, 9.17) is 9.97 Å². The number of allylic oxidation sites excluding steroid dienone is 3. The van der Waals surface area contributed by atoms with Crippen molar-refractivity contribution in [2.75, 3.05) is 0 Å². The Kier molecular flexibility index (Phi) is 10.7. The molecule has 300 valence electrons. The van der Waals surface area contributed by atoms with E-state index in [0.29, 0.717) is 5.56 Å². The van der Waals surface area contributed by atoms with Gasteiger partial charge < -0.3 is 9.97 Å². The number of fused-ring (bicyclic) bond motifs is 8. The predicted octanol–water partition coefficient (Wildman–Crippen LogP) is 14.8. The quantitative estimate of drug-likeness (QED) is 0.128. The Labute approximate surface area is 363 Å². The molecule has 0 fully saturated rings. The molecule has 5 heterocycles. The van der Waals surface area contributed by atoms with Crippen molar-refractivity contribution >= 4 is 46.4 Å². The number of H-pyrrole nitrogens is 2. The van der Waals surface area contributed by atoms with E-state index in [9.17, 15) is 5.26 Å². The largest absolute Gasteiger partial charge is 0.354 e. The van der Waals surface area contributed by atoms with Gasteiger partial charge in [0.1, 0.15) is 0 Å². The zero-order chi connectivity index (χ0) is 42.8. The average Bonchev–Trinajstić information content (AvgIpc) is 4.14. The molecule has 2 aliphatic heterocycles. The number of nitrogens with zero attached hydrogens (tertiary/aromatic N) is 3. The first-order valence-electron chi connectivity index (χ1n) is 21.1. The van der Waals surface area contributed by atoms with Gasteiger partial charge in [-0.05, 0) is 122 Å². The molecule has 5 heteroatoms. The number of hydrogen-bond donors (Lipinski definition) is 2. The summed E-state index contributed by atoms with van der Waals surface area (Å²) in [5, 5.41) is 9.66. The Balaban J connectivity index is 1.40. The zero-order valence-electron chi connectivity index (χ0n) is 35.2. The van der Waals surface area contributed by atoms with E-state index in [1.807, 2.05) is 42.5 Å². The van der Waals surface area contributed by atoms with Crippen LogP contribution >= 0.6 is 0 Å². The second-order valence-electron chi connectivity index (χ2n) is 16.3. The highest BCUT2D eigenvalue weighted by molar-refractivity contribution is 6.00. The van der Waals surface area contributed by atoms with Crippen molar-refractivity contribution in [3.63, 3.8) is 0 Å². The normalized spacial score (nSPS) is 12.0. The Bertz CT molecular complexity index is 2970. The molecule has 0 spiro atoms. The molecular formula is C57H47N5. The van der Waals surface area contributed by atoms with Gasteiger partial charge in [0, 0.05) is 49.7 Å². The maximum atomic E-state index is 9.66. The van der Waals surface area contributed by atoms with Gasteiger partial charge in [0.2, 0.25) is 0 Å². The van der Waals surface area contributed by atoms with Gasteiger partial charge in [0.15, 0.2) is 0 Å². The van der Waals surface area contributed by atoms with Crippen LogP contribution in [0.1, 0.15) is 64.3 Å². The van der Waals surface area contributed by atoms with Crippen LogP contribution in [0.2, 0.25) is 0 Å². The second kappa shape index (κ2) is 16.7. The van der Waals surface area contributed by atoms with E-state index in [1.165, 1.54) is 16.7 Å². The Hall–Kier alpha value is -7.81. The lowest BCUT2D eigenvalue weighted by Gasteiger charge is -2.32. The van der Waals surface area contributed by atoms with Gasteiger partial charge in [-0.15, -0.1) is 19.7 Å². The number of nitriles is 1. The monoisotopic (exact) mass is 801 g/mol. The summed E-state index contributed by atoms with van der Waals surface area (Å²) < 4.78 is 0. The topological polar surface area (TPSA) is 81.1 Å². The zero-order valence-corrected chi connectivity index (χ0v) is 35.2. The van der Waals surface area contributed by atoms with Crippen molar-refractivity contribution in [3.8, 4) is 50.6 Å². The molecule has 0 atom stereocenters. The standard InChI is InChI=1S/C57H47N5/c1-6-33-57(34-7-2,35-8-3)44-23-21-43(22-24-44)56-51-31-27-47(61-51)53(40-15-9-37(4)10-16-40)45-25-29-49(59-45)55(42-19-13-39(36-58)14-20-42)50-30-26-46(60-50)54(48-28-32-52(56)62-48)41-17-11-38(5)12-18-41/h6-32,59-60H,1-3,33-35H2,4-5H3.